The van der Waals surface area contributed by atoms with Gasteiger partial charge in [-0.1, -0.05) is 6.07 Å². The minimum atomic E-state index is -0.530. The number of aromatic hydroxyl groups is 1. The van der Waals surface area contributed by atoms with E-state index in [0.717, 1.165) is 29.9 Å². The van der Waals surface area contributed by atoms with Crippen molar-refractivity contribution in [2.45, 2.75) is 25.5 Å². The van der Waals surface area contributed by atoms with Crippen LogP contribution >= 0.6 is 11.3 Å². The number of benzene rings is 1. The Morgan fingerprint density at radius 2 is 2.16 bits per heavy atom. The van der Waals surface area contributed by atoms with E-state index >= 15 is 0 Å². The van der Waals surface area contributed by atoms with Crippen molar-refractivity contribution >= 4 is 28.9 Å². The number of ketones is 1. The number of amides is 2. The summed E-state index contributed by atoms with van der Waals surface area (Å²) in [6.45, 7) is 1.21. The third-order valence-corrected chi connectivity index (χ3v) is 5.83. The van der Waals surface area contributed by atoms with Crippen molar-refractivity contribution in [2.24, 2.45) is 0 Å². The zero-order valence-corrected chi connectivity index (χ0v) is 18.6. The van der Waals surface area contributed by atoms with E-state index in [1.165, 1.54) is 35.5 Å². The number of phenols is 1. The highest BCUT2D eigenvalue weighted by atomic mass is 32.1. The molecule has 9 heteroatoms. The molecule has 2 N–H and O–H groups in total. The third kappa shape index (κ3) is 6.66. The fourth-order valence-corrected chi connectivity index (χ4v) is 3.97. The predicted molar refractivity (Wildman–Crippen MR) is 120 cm³/mol. The van der Waals surface area contributed by atoms with Gasteiger partial charge in [-0.3, -0.25) is 14.4 Å². The lowest BCUT2D eigenvalue weighted by atomic mass is 10.1. The number of hydrogen-bond donors (Lipinski definition) is 2. The van der Waals surface area contributed by atoms with Gasteiger partial charge in [-0.05, 0) is 42.5 Å². The molecule has 1 atom stereocenters. The van der Waals surface area contributed by atoms with Gasteiger partial charge in [0, 0.05) is 30.2 Å². The van der Waals surface area contributed by atoms with Gasteiger partial charge in [0.15, 0.2) is 5.78 Å². The van der Waals surface area contributed by atoms with Gasteiger partial charge in [0.2, 0.25) is 11.8 Å². The number of phenolic OH excluding ortho intramolecular Hbond substituents is 1. The number of allylic oxidation sites excluding steroid dienone is 1. The number of carbonyl (C=O) groups is 3. The largest absolute Gasteiger partial charge is 0.507 e. The van der Waals surface area contributed by atoms with Crippen LogP contribution < -0.4 is 10.1 Å². The lowest BCUT2D eigenvalue weighted by Crippen LogP contribution is -2.41. The molecular formula is C23H26N2O6S. The van der Waals surface area contributed by atoms with Crippen LogP contribution in [0.1, 0.15) is 28.1 Å². The Morgan fingerprint density at radius 3 is 2.81 bits per heavy atom. The summed E-state index contributed by atoms with van der Waals surface area (Å²) in [5.74, 6) is -1.13. The third-order valence-electron chi connectivity index (χ3n) is 4.97. The molecule has 2 heterocycles. The van der Waals surface area contributed by atoms with Crippen molar-refractivity contribution < 1.29 is 29.0 Å². The number of ether oxygens (including phenoxy) is 2. The Labute approximate surface area is 190 Å². The number of methoxy groups -OCH3 is 1. The van der Waals surface area contributed by atoms with Gasteiger partial charge in [-0.25, -0.2) is 0 Å². The molecule has 170 valence electrons. The fourth-order valence-electron chi connectivity index (χ4n) is 3.25. The standard InChI is InChI=1S/C23H26N2O6S/c1-30-16-6-7-19(21(27)12-16)20(26)8-9-23(29)25(14-18-5-3-11-32-18)15-22(28)24-13-17-4-2-10-31-17/h3,5-9,11-12,17,27H,2,4,10,13-15H2,1H3,(H,24,28)/b9-8+. The van der Waals surface area contributed by atoms with Gasteiger partial charge in [0.25, 0.3) is 0 Å². The molecule has 1 aromatic heterocycles. The van der Waals surface area contributed by atoms with Gasteiger partial charge >= 0.3 is 0 Å². The number of thiophene rings is 1. The summed E-state index contributed by atoms with van der Waals surface area (Å²) in [6.07, 6.45) is 4.10. The number of rotatable bonds is 10. The van der Waals surface area contributed by atoms with E-state index in [2.05, 4.69) is 5.32 Å². The summed E-state index contributed by atoms with van der Waals surface area (Å²) in [5.41, 5.74) is 0.0500. The van der Waals surface area contributed by atoms with E-state index in [9.17, 15) is 19.5 Å². The average Bonchev–Trinajstić information content (AvgIpc) is 3.49. The maximum atomic E-state index is 12.8. The van der Waals surface area contributed by atoms with Crippen LogP contribution in [0.5, 0.6) is 11.5 Å². The Hall–Kier alpha value is -3.17. The van der Waals surface area contributed by atoms with Crippen molar-refractivity contribution in [2.75, 3.05) is 26.8 Å². The van der Waals surface area contributed by atoms with Crippen LogP contribution in [0.2, 0.25) is 0 Å². The van der Waals surface area contributed by atoms with Crippen LogP contribution in [0, 0.1) is 0 Å². The van der Waals surface area contributed by atoms with Crippen LogP contribution in [0.3, 0.4) is 0 Å². The Bertz CT molecular complexity index is 967. The molecule has 32 heavy (non-hydrogen) atoms. The molecule has 1 aliphatic heterocycles. The van der Waals surface area contributed by atoms with Crippen molar-refractivity contribution in [1.29, 1.82) is 0 Å². The van der Waals surface area contributed by atoms with E-state index in [-0.39, 0.29) is 36.4 Å². The summed E-state index contributed by atoms with van der Waals surface area (Å²) >= 11 is 1.47. The lowest BCUT2D eigenvalue weighted by molar-refractivity contribution is -0.133. The van der Waals surface area contributed by atoms with Crippen LogP contribution in [0.4, 0.5) is 0 Å². The molecule has 2 aromatic rings. The summed E-state index contributed by atoms with van der Waals surface area (Å²) in [4.78, 5) is 39.9. The topological polar surface area (TPSA) is 105 Å². The number of nitrogens with zero attached hydrogens (tertiary/aromatic N) is 1. The molecular weight excluding hydrogens is 432 g/mol. The second-order valence-corrected chi connectivity index (χ2v) is 8.33. The first-order valence-electron chi connectivity index (χ1n) is 10.2. The second-order valence-electron chi connectivity index (χ2n) is 7.29. The molecule has 1 aliphatic rings. The van der Waals surface area contributed by atoms with Crippen molar-refractivity contribution in [1.82, 2.24) is 10.2 Å². The molecule has 0 bridgehead atoms. The summed E-state index contributed by atoms with van der Waals surface area (Å²) < 4.78 is 10.5. The predicted octanol–water partition coefficient (Wildman–Crippen LogP) is 2.53. The maximum Gasteiger partial charge on any atom is 0.247 e. The van der Waals surface area contributed by atoms with E-state index in [0.29, 0.717) is 18.9 Å². The van der Waals surface area contributed by atoms with E-state index < -0.39 is 11.7 Å². The smallest absolute Gasteiger partial charge is 0.247 e. The van der Waals surface area contributed by atoms with Crippen LogP contribution in [0.15, 0.2) is 47.9 Å². The first-order valence-corrected chi connectivity index (χ1v) is 11.1. The van der Waals surface area contributed by atoms with Gasteiger partial charge in [0.1, 0.15) is 18.0 Å². The molecule has 1 fully saturated rings. The van der Waals surface area contributed by atoms with Gasteiger partial charge in [0.05, 0.1) is 25.3 Å². The average molecular weight is 459 g/mol. The normalized spacial score (nSPS) is 15.6. The molecule has 3 rings (SSSR count). The van der Waals surface area contributed by atoms with Crippen LogP contribution in [-0.2, 0) is 20.9 Å². The van der Waals surface area contributed by atoms with E-state index in [1.54, 1.807) is 6.07 Å². The molecule has 0 spiro atoms. The number of carbonyl (C=O) groups excluding carboxylic acids is 3. The second kappa shape index (κ2) is 11.4. The van der Waals surface area contributed by atoms with Gasteiger partial charge in [-0.2, -0.15) is 0 Å². The van der Waals surface area contributed by atoms with Gasteiger partial charge < -0.3 is 24.8 Å². The van der Waals surface area contributed by atoms with Gasteiger partial charge in [-0.15, -0.1) is 11.3 Å². The monoisotopic (exact) mass is 458 g/mol. The van der Waals surface area contributed by atoms with Crippen LogP contribution in [0.25, 0.3) is 0 Å². The Kier molecular flexibility index (Phi) is 8.41. The van der Waals surface area contributed by atoms with Crippen molar-refractivity contribution in [3.63, 3.8) is 0 Å². The fraction of sp³-hybridized carbons (Fsp3) is 0.348. The van der Waals surface area contributed by atoms with Crippen molar-refractivity contribution in [3.8, 4) is 11.5 Å². The summed E-state index contributed by atoms with van der Waals surface area (Å²) in [6, 6.07) is 8.03. The first kappa shape index (κ1) is 23.5. The number of nitrogens with one attached hydrogen (secondary N) is 1. The molecule has 8 nitrogen and oxygen atoms in total. The SMILES string of the molecule is COc1ccc(C(=O)/C=C/C(=O)N(CC(=O)NCC2CCCO2)Cc2cccs2)c(O)c1. The maximum absolute atomic E-state index is 12.8. The first-order chi connectivity index (χ1) is 15.5. The summed E-state index contributed by atoms with van der Waals surface area (Å²) in [5, 5.41) is 14.7. The molecule has 0 aliphatic carbocycles. The zero-order chi connectivity index (χ0) is 22.9. The van der Waals surface area contributed by atoms with Crippen LogP contribution in [-0.4, -0.2) is 60.5 Å². The Balaban J connectivity index is 1.64. The summed E-state index contributed by atoms with van der Waals surface area (Å²) in [7, 11) is 1.45. The molecule has 1 saturated heterocycles. The molecule has 0 saturated carbocycles. The van der Waals surface area contributed by atoms with Crippen molar-refractivity contribution in [3.05, 3.63) is 58.3 Å². The van der Waals surface area contributed by atoms with E-state index in [1.807, 2.05) is 17.5 Å². The quantitative estimate of drug-likeness (QED) is 0.419. The molecule has 1 unspecified atom stereocenters. The molecule has 0 radical (unpaired) electrons. The highest BCUT2D eigenvalue weighted by Crippen LogP contribution is 2.24. The van der Waals surface area contributed by atoms with E-state index in [4.69, 9.17) is 9.47 Å². The molecule has 2 amide bonds. The highest BCUT2D eigenvalue weighted by Gasteiger charge is 2.20. The molecule has 1 aromatic carbocycles. The minimum Gasteiger partial charge on any atom is -0.507 e. The zero-order valence-electron chi connectivity index (χ0n) is 17.8. The lowest BCUT2D eigenvalue weighted by Gasteiger charge is -2.20. The number of hydrogen-bond acceptors (Lipinski definition) is 7. The highest BCUT2D eigenvalue weighted by molar-refractivity contribution is 7.09. The Morgan fingerprint density at radius 1 is 1.31 bits per heavy atom. The minimum absolute atomic E-state index is 0.00934.